The van der Waals surface area contributed by atoms with Gasteiger partial charge in [-0.1, -0.05) is 65.8 Å². The zero-order chi connectivity index (χ0) is 41.9. The molecule has 1 atom stereocenters. The number of aromatic nitrogens is 1. The minimum atomic E-state index is -1.07. The van der Waals surface area contributed by atoms with Crippen molar-refractivity contribution in [1.29, 1.82) is 0 Å². The van der Waals surface area contributed by atoms with Crippen LogP contribution < -0.4 is 25.4 Å². The number of rotatable bonds is 30. The number of methoxy groups -OCH3 is 1. The third-order valence-corrected chi connectivity index (χ3v) is 8.74. The molecule has 0 aliphatic heterocycles. The Bertz CT molecular complexity index is 1940. The first-order chi connectivity index (χ1) is 28.9. The van der Waals surface area contributed by atoms with Gasteiger partial charge in [0.25, 0.3) is 0 Å². The monoisotopic (exact) mass is 815 g/mol. The highest BCUT2D eigenvalue weighted by Gasteiger charge is 2.19. The highest BCUT2D eigenvalue weighted by molar-refractivity contribution is 6.00. The van der Waals surface area contributed by atoms with Crippen LogP contribution in [0.3, 0.4) is 0 Å². The molecule has 0 saturated heterocycles. The Balaban J connectivity index is 1.18. The van der Waals surface area contributed by atoms with Gasteiger partial charge in [0.15, 0.2) is 0 Å². The van der Waals surface area contributed by atoms with E-state index in [1.165, 1.54) is 0 Å². The SMILES string of the molecule is COc1cccc(NCCCCC(=O)NCC(=O)NC(CC(=O)O)c2ccc(-c3ccc(OCCOCCOCCOCCOCCN=[N+]=[N-])c4ccccc34)cc2)n1. The smallest absolute Gasteiger partial charge is 0.305 e. The molecule has 4 aromatic rings. The Labute approximate surface area is 343 Å². The summed E-state index contributed by atoms with van der Waals surface area (Å²) in [4.78, 5) is 43.9. The molecule has 4 N–H and O–H groups in total. The fourth-order valence-electron chi connectivity index (χ4n) is 5.86. The molecule has 0 radical (unpaired) electrons. The summed E-state index contributed by atoms with van der Waals surface area (Å²) in [6.45, 7) is 4.33. The Morgan fingerprint density at radius 3 is 2.14 bits per heavy atom. The summed E-state index contributed by atoms with van der Waals surface area (Å²) < 4.78 is 33.1. The molecule has 0 spiro atoms. The number of carboxylic acids is 1. The van der Waals surface area contributed by atoms with E-state index in [0.29, 0.717) is 96.2 Å². The van der Waals surface area contributed by atoms with E-state index in [1.807, 2.05) is 60.7 Å². The lowest BCUT2D eigenvalue weighted by atomic mass is 9.95. The molecule has 0 saturated carbocycles. The van der Waals surface area contributed by atoms with Crippen molar-refractivity contribution in [1.82, 2.24) is 15.6 Å². The van der Waals surface area contributed by atoms with Crippen LogP contribution in [0.5, 0.6) is 11.6 Å². The van der Waals surface area contributed by atoms with Gasteiger partial charge in [-0.25, -0.2) is 0 Å². The number of nitrogens with zero attached hydrogens (tertiary/aromatic N) is 4. The molecule has 2 amide bonds. The Kier molecular flexibility index (Phi) is 20.8. The van der Waals surface area contributed by atoms with Crippen LogP contribution in [0.25, 0.3) is 32.3 Å². The molecule has 1 heterocycles. The summed E-state index contributed by atoms with van der Waals surface area (Å²) >= 11 is 0. The number of carbonyl (C=O) groups is 3. The van der Waals surface area contributed by atoms with E-state index in [9.17, 15) is 19.5 Å². The quantitative estimate of drug-likeness (QED) is 0.0215. The molecule has 3 aromatic carbocycles. The largest absolute Gasteiger partial charge is 0.491 e. The number of benzene rings is 3. The van der Waals surface area contributed by atoms with Gasteiger partial charge in [0.1, 0.15) is 18.2 Å². The molecule has 0 aliphatic carbocycles. The number of carboxylic acid groups (broad SMARTS) is 1. The lowest BCUT2D eigenvalue weighted by molar-refractivity contribution is -0.138. The normalized spacial score (nSPS) is 11.3. The number of nitrogens with one attached hydrogen (secondary N) is 3. The number of carbonyl (C=O) groups excluding carboxylic acids is 2. The van der Waals surface area contributed by atoms with Crippen molar-refractivity contribution < 1.29 is 47.9 Å². The third-order valence-electron chi connectivity index (χ3n) is 8.74. The lowest BCUT2D eigenvalue weighted by Crippen LogP contribution is -2.39. The van der Waals surface area contributed by atoms with E-state index in [4.69, 9.17) is 34.0 Å². The molecule has 59 heavy (non-hydrogen) atoms. The number of hydrogen-bond donors (Lipinski definition) is 4. The number of pyridine rings is 1. The summed E-state index contributed by atoms with van der Waals surface area (Å²) in [7, 11) is 1.55. The van der Waals surface area contributed by atoms with Crippen molar-refractivity contribution in [2.45, 2.75) is 31.7 Å². The van der Waals surface area contributed by atoms with E-state index in [-0.39, 0.29) is 25.3 Å². The van der Waals surface area contributed by atoms with Gasteiger partial charge in [-0.15, -0.1) is 0 Å². The molecule has 0 aliphatic rings. The van der Waals surface area contributed by atoms with Crippen molar-refractivity contribution >= 4 is 34.4 Å². The van der Waals surface area contributed by atoms with Crippen molar-refractivity contribution in [3.8, 4) is 22.8 Å². The second-order valence-corrected chi connectivity index (χ2v) is 13.0. The molecule has 0 bridgehead atoms. The Morgan fingerprint density at radius 2 is 1.46 bits per heavy atom. The van der Waals surface area contributed by atoms with Gasteiger partial charge in [-0.2, -0.15) is 4.98 Å². The number of anilines is 1. The minimum absolute atomic E-state index is 0.244. The maximum Gasteiger partial charge on any atom is 0.305 e. The maximum atomic E-state index is 12.8. The number of hydrogen-bond acceptors (Lipinski definition) is 12. The Morgan fingerprint density at radius 1 is 0.780 bits per heavy atom. The number of aliphatic carboxylic acids is 1. The number of azide groups is 1. The van der Waals surface area contributed by atoms with Crippen molar-refractivity contribution in [2.24, 2.45) is 5.11 Å². The first-order valence-corrected chi connectivity index (χ1v) is 19.5. The van der Waals surface area contributed by atoms with Gasteiger partial charge in [0.2, 0.25) is 17.7 Å². The summed E-state index contributed by atoms with van der Waals surface area (Å²) in [5, 5.41) is 23.5. The maximum absolute atomic E-state index is 12.8. The second kappa shape index (κ2) is 26.9. The molecule has 17 nitrogen and oxygen atoms in total. The summed E-state index contributed by atoms with van der Waals surface area (Å²) in [5.41, 5.74) is 10.7. The fraction of sp³-hybridized carbons (Fsp3) is 0.429. The molecule has 316 valence electrons. The molecule has 0 fully saturated rings. The highest BCUT2D eigenvalue weighted by atomic mass is 16.6. The van der Waals surface area contributed by atoms with Crippen molar-refractivity contribution in [3.63, 3.8) is 0 Å². The fourth-order valence-corrected chi connectivity index (χ4v) is 5.86. The summed E-state index contributed by atoms with van der Waals surface area (Å²) in [6.07, 6.45) is 1.25. The summed E-state index contributed by atoms with van der Waals surface area (Å²) in [5.74, 6) is 0.0923. The number of unbranched alkanes of at least 4 members (excludes halogenated alkanes) is 1. The zero-order valence-corrected chi connectivity index (χ0v) is 33.3. The minimum Gasteiger partial charge on any atom is -0.491 e. The van der Waals surface area contributed by atoms with E-state index in [2.05, 4.69) is 31.0 Å². The van der Waals surface area contributed by atoms with Crippen LogP contribution in [0.4, 0.5) is 5.82 Å². The average Bonchev–Trinajstić information content (AvgIpc) is 3.25. The van der Waals surface area contributed by atoms with E-state index in [0.717, 1.165) is 34.1 Å². The predicted molar refractivity (Wildman–Crippen MR) is 221 cm³/mol. The first kappa shape index (κ1) is 45.7. The molecular formula is C42H53N7O10. The van der Waals surface area contributed by atoms with Gasteiger partial charge in [-0.3, -0.25) is 14.4 Å². The van der Waals surface area contributed by atoms with Crippen LogP contribution in [-0.2, 0) is 33.3 Å². The van der Waals surface area contributed by atoms with E-state index < -0.39 is 17.9 Å². The Hall–Kier alpha value is -5.97. The lowest BCUT2D eigenvalue weighted by Gasteiger charge is -2.19. The van der Waals surface area contributed by atoms with Crippen molar-refractivity contribution in [3.05, 3.63) is 94.9 Å². The zero-order valence-electron chi connectivity index (χ0n) is 33.3. The first-order valence-electron chi connectivity index (χ1n) is 19.5. The van der Waals surface area contributed by atoms with Gasteiger partial charge < -0.3 is 49.5 Å². The number of amides is 2. The van der Waals surface area contributed by atoms with Crippen LogP contribution in [0.2, 0.25) is 0 Å². The van der Waals surface area contributed by atoms with Gasteiger partial charge >= 0.3 is 5.97 Å². The van der Waals surface area contributed by atoms with Crippen LogP contribution in [0.15, 0.2) is 84.0 Å². The van der Waals surface area contributed by atoms with Gasteiger partial charge in [0, 0.05) is 35.9 Å². The van der Waals surface area contributed by atoms with E-state index >= 15 is 0 Å². The van der Waals surface area contributed by atoms with Crippen LogP contribution in [-0.4, -0.2) is 114 Å². The van der Waals surface area contributed by atoms with Crippen LogP contribution in [0, 0.1) is 0 Å². The standard InChI is InChI=1S/C42H53N7O10/c1-54-41-11-6-9-38(48-41)44-18-5-4-10-39(50)45-30-40(51)47-36(29-42(52)53)32-14-12-31(13-15-32)33-16-17-37(35-8-3-2-7-34(33)35)59-28-27-58-26-25-57-24-23-56-22-21-55-20-19-46-49-43/h2-3,6-9,11-17,36H,4-5,10,18-30H2,1H3,(H,44,48)(H,45,50)(H,47,51)(H,52,53). The molecule has 1 aromatic heterocycles. The van der Waals surface area contributed by atoms with Crippen LogP contribution in [0.1, 0.15) is 37.3 Å². The van der Waals surface area contributed by atoms with Crippen molar-refractivity contribution in [2.75, 3.05) is 91.5 Å². The highest BCUT2D eigenvalue weighted by Crippen LogP contribution is 2.35. The van der Waals surface area contributed by atoms with E-state index in [1.54, 1.807) is 25.3 Å². The molecule has 1 unspecified atom stereocenters. The van der Waals surface area contributed by atoms with Crippen LogP contribution >= 0.6 is 0 Å². The summed E-state index contributed by atoms with van der Waals surface area (Å²) in [6, 6.07) is 23.8. The second-order valence-electron chi connectivity index (χ2n) is 13.0. The molecule has 4 rings (SSSR count). The van der Waals surface area contributed by atoms with Gasteiger partial charge in [-0.05, 0) is 52.6 Å². The molecule has 17 heteroatoms. The number of ether oxygens (including phenoxy) is 6. The number of fused-ring (bicyclic) bond motifs is 1. The third kappa shape index (κ3) is 17.2. The topological polar surface area (TPSA) is 225 Å². The average molecular weight is 816 g/mol. The predicted octanol–water partition coefficient (Wildman–Crippen LogP) is 5.70. The molecular weight excluding hydrogens is 763 g/mol. The van der Waals surface area contributed by atoms with Gasteiger partial charge in [0.05, 0.1) is 79.0 Å².